The van der Waals surface area contributed by atoms with E-state index in [-0.39, 0.29) is 0 Å². The van der Waals surface area contributed by atoms with Gasteiger partial charge in [0, 0.05) is 0 Å². The molecule has 0 aliphatic carbocycles. The van der Waals surface area contributed by atoms with Gasteiger partial charge in [0.05, 0.1) is 0 Å². The van der Waals surface area contributed by atoms with Crippen molar-refractivity contribution in [3.63, 3.8) is 0 Å². The van der Waals surface area contributed by atoms with E-state index in [1.807, 2.05) is 20.8 Å². The van der Waals surface area contributed by atoms with Crippen LogP contribution < -0.4 is 0 Å². The summed E-state index contributed by atoms with van der Waals surface area (Å²) in [7, 11) is 0. The first kappa shape index (κ1) is 28.4. The van der Waals surface area contributed by atoms with Gasteiger partial charge in [0.15, 0.2) is 0 Å². The fraction of sp³-hybridized carbons (Fsp3) is 0.355. The quantitative estimate of drug-likeness (QED) is 0.394. The Bertz CT molecular complexity index is 844. The Morgan fingerprint density at radius 1 is 0.677 bits per heavy atom. The van der Waals surface area contributed by atoms with Crippen molar-refractivity contribution in [2.75, 3.05) is 0 Å². The maximum absolute atomic E-state index is 4.25. The summed E-state index contributed by atoms with van der Waals surface area (Å²) >= 11 is 0. The highest BCUT2D eigenvalue weighted by molar-refractivity contribution is 5.64. The number of hydrogen-bond acceptors (Lipinski definition) is 0. The van der Waals surface area contributed by atoms with Crippen LogP contribution in [0.25, 0.3) is 11.1 Å². The van der Waals surface area contributed by atoms with E-state index < -0.39 is 0 Å². The second kappa shape index (κ2) is 14.4. The third-order valence-electron chi connectivity index (χ3n) is 5.48. The summed E-state index contributed by atoms with van der Waals surface area (Å²) in [6, 6.07) is 17.0. The van der Waals surface area contributed by atoms with Gasteiger partial charge in [-0.25, -0.2) is 0 Å². The summed E-state index contributed by atoms with van der Waals surface area (Å²) in [5, 5.41) is 0. The van der Waals surface area contributed by atoms with Crippen molar-refractivity contribution in [1.82, 2.24) is 0 Å². The van der Waals surface area contributed by atoms with Crippen molar-refractivity contribution >= 4 is 11.1 Å². The zero-order valence-electron chi connectivity index (χ0n) is 21.3. The molecule has 0 fully saturated rings. The van der Waals surface area contributed by atoms with Crippen LogP contribution in [0, 0.1) is 25.7 Å². The van der Waals surface area contributed by atoms with E-state index in [4.69, 9.17) is 0 Å². The summed E-state index contributed by atoms with van der Waals surface area (Å²) in [6.45, 7) is 32.9. The van der Waals surface area contributed by atoms with Crippen molar-refractivity contribution in [3.8, 4) is 0 Å². The highest BCUT2D eigenvalue weighted by Gasteiger charge is 2.20. The molecule has 0 aliphatic rings. The van der Waals surface area contributed by atoms with Gasteiger partial charge in [-0.3, -0.25) is 0 Å². The summed E-state index contributed by atoms with van der Waals surface area (Å²) in [5.41, 5.74) is 9.76. The van der Waals surface area contributed by atoms with E-state index in [0.29, 0.717) is 11.8 Å². The lowest BCUT2D eigenvalue weighted by Gasteiger charge is -2.26. The van der Waals surface area contributed by atoms with Gasteiger partial charge in [0.2, 0.25) is 0 Å². The third kappa shape index (κ3) is 10.3. The van der Waals surface area contributed by atoms with Crippen LogP contribution in [0.2, 0.25) is 0 Å². The Balaban J connectivity index is 0.000000628. The topological polar surface area (TPSA) is 0 Å². The van der Waals surface area contributed by atoms with Crippen LogP contribution in [0.15, 0.2) is 86.0 Å². The highest BCUT2D eigenvalue weighted by Crippen LogP contribution is 2.33. The monoisotopic (exact) mass is 416 g/mol. The predicted octanol–water partition coefficient (Wildman–Crippen LogP) is 9.86. The number of aryl methyl sites for hydroxylation is 2. The standard InChI is InChI=1S/C19H26.C10H12.C2H6/c1-13(2)17(7)19(14(3)4)12-16(6)18-10-8-15(5)9-11-18;1-8(2)10-6-4-9(3)5-7-10;1-2/h8-11,17,19H,1,3,6,12H2,2,4-5,7H3;4-7H,1H2,2-3H3;1-2H3. The molecule has 0 aromatic heterocycles. The average molecular weight is 417 g/mol. The van der Waals surface area contributed by atoms with E-state index in [0.717, 1.165) is 12.0 Å². The summed E-state index contributed by atoms with van der Waals surface area (Å²) in [5.74, 6) is 0.867. The fourth-order valence-corrected chi connectivity index (χ4v) is 3.13. The molecule has 168 valence electrons. The van der Waals surface area contributed by atoms with Crippen molar-refractivity contribution in [2.24, 2.45) is 11.8 Å². The van der Waals surface area contributed by atoms with E-state index in [2.05, 4.69) is 109 Å². The highest BCUT2D eigenvalue weighted by atomic mass is 14.2. The molecule has 0 spiro atoms. The number of rotatable bonds is 7. The van der Waals surface area contributed by atoms with Crippen LogP contribution in [0.1, 0.15) is 70.2 Å². The minimum absolute atomic E-state index is 0.423. The molecular weight excluding hydrogens is 372 g/mol. The van der Waals surface area contributed by atoms with E-state index in [1.54, 1.807) is 0 Å². The molecule has 0 heteroatoms. The molecule has 2 rings (SSSR count). The first-order chi connectivity index (χ1) is 14.5. The lowest BCUT2D eigenvalue weighted by Crippen LogP contribution is -2.14. The van der Waals surface area contributed by atoms with Crippen molar-refractivity contribution in [1.29, 1.82) is 0 Å². The van der Waals surface area contributed by atoms with Gasteiger partial charge in [0.25, 0.3) is 0 Å². The predicted molar refractivity (Wildman–Crippen MR) is 144 cm³/mol. The molecule has 2 aromatic rings. The van der Waals surface area contributed by atoms with Crippen LogP contribution in [0.4, 0.5) is 0 Å². The first-order valence-corrected chi connectivity index (χ1v) is 11.3. The molecule has 0 saturated heterocycles. The first-order valence-electron chi connectivity index (χ1n) is 11.3. The smallest absolute Gasteiger partial charge is 0.0105 e. The Morgan fingerprint density at radius 3 is 1.39 bits per heavy atom. The van der Waals surface area contributed by atoms with Gasteiger partial charge in [-0.05, 0) is 69.6 Å². The lowest BCUT2D eigenvalue weighted by molar-refractivity contribution is 0.476. The Kier molecular flexibility index (Phi) is 13.2. The molecule has 0 radical (unpaired) electrons. The van der Waals surface area contributed by atoms with Gasteiger partial charge in [-0.15, -0.1) is 0 Å². The van der Waals surface area contributed by atoms with Gasteiger partial charge >= 0.3 is 0 Å². The van der Waals surface area contributed by atoms with Gasteiger partial charge < -0.3 is 0 Å². The zero-order chi connectivity index (χ0) is 24.1. The number of allylic oxidation sites excluding steroid dienone is 4. The summed E-state index contributed by atoms with van der Waals surface area (Å²) < 4.78 is 0. The minimum Gasteiger partial charge on any atom is -0.0998 e. The summed E-state index contributed by atoms with van der Waals surface area (Å²) in [4.78, 5) is 0. The van der Waals surface area contributed by atoms with Crippen molar-refractivity contribution in [2.45, 2.75) is 61.8 Å². The van der Waals surface area contributed by atoms with Gasteiger partial charge in [-0.2, -0.15) is 0 Å². The van der Waals surface area contributed by atoms with Crippen LogP contribution in [-0.2, 0) is 0 Å². The Labute approximate surface area is 193 Å². The van der Waals surface area contributed by atoms with Gasteiger partial charge in [-0.1, -0.05) is 123 Å². The molecule has 2 aromatic carbocycles. The minimum atomic E-state index is 0.423. The number of hydrogen-bond donors (Lipinski definition) is 0. The molecule has 2 atom stereocenters. The van der Waals surface area contributed by atoms with Crippen LogP contribution in [-0.4, -0.2) is 0 Å². The molecule has 0 heterocycles. The SMILES string of the molecule is C=C(C)c1ccc(C)cc1.C=C(CC(C(=C)C)C(C)C(=C)C)c1ccc(C)cc1.CC. The van der Waals surface area contributed by atoms with Crippen molar-refractivity contribution < 1.29 is 0 Å². The molecule has 31 heavy (non-hydrogen) atoms. The molecule has 2 unspecified atom stereocenters. The van der Waals surface area contributed by atoms with Crippen LogP contribution in [0.5, 0.6) is 0 Å². The molecule has 0 saturated carbocycles. The largest absolute Gasteiger partial charge is 0.0998 e. The summed E-state index contributed by atoms with van der Waals surface area (Å²) in [6.07, 6.45) is 0.951. The zero-order valence-corrected chi connectivity index (χ0v) is 21.3. The molecule has 0 nitrogen and oxygen atoms in total. The molecule has 0 N–H and O–H groups in total. The van der Waals surface area contributed by atoms with Gasteiger partial charge in [0.1, 0.15) is 0 Å². The van der Waals surface area contributed by atoms with E-state index >= 15 is 0 Å². The maximum atomic E-state index is 4.25. The van der Waals surface area contributed by atoms with Crippen molar-refractivity contribution in [3.05, 3.63) is 108 Å². The fourth-order valence-electron chi connectivity index (χ4n) is 3.13. The number of benzene rings is 2. The molecule has 0 amide bonds. The Hall–Kier alpha value is -2.60. The lowest BCUT2D eigenvalue weighted by atomic mass is 9.79. The Morgan fingerprint density at radius 2 is 1.06 bits per heavy atom. The second-order valence-corrected chi connectivity index (χ2v) is 8.41. The average Bonchev–Trinajstić information content (AvgIpc) is 2.73. The van der Waals surface area contributed by atoms with E-state index in [9.17, 15) is 0 Å². The molecule has 0 bridgehead atoms. The molecular formula is C31H44. The third-order valence-corrected chi connectivity index (χ3v) is 5.48. The molecule has 0 aliphatic heterocycles. The maximum Gasteiger partial charge on any atom is -0.0105 e. The normalized spacial score (nSPS) is 11.6. The van der Waals surface area contributed by atoms with Crippen LogP contribution >= 0.6 is 0 Å². The second-order valence-electron chi connectivity index (χ2n) is 8.41. The van der Waals surface area contributed by atoms with E-state index in [1.165, 1.54) is 39.0 Å². The van der Waals surface area contributed by atoms with Crippen LogP contribution in [0.3, 0.4) is 0 Å².